The second-order valence-electron chi connectivity index (χ2n) is 5.35. The monoisotopic (exact) mass is 237 g/mol. The highest BCUT2D eigenvalue weighted by atomic mass is 19.1. The predicted molar refractivity (Wildman–Crippen MR) is 66.3 cm³/mol. The van der Waals surface area contributed by atoms with Crippen molar-refractivity contribution in [3.63, 3.8) is 0 Å². The smallest absolute Gasteiger partial charge is 0.123 e. The van der Waals surface area contributed by atoms with E-state index in [2.05, 4.69) is 5.32 Å². The first-order valence-electron chi connectivity index (χ1n) is 6.22. The average Bonchev–Trinajstić information content (AvgIpc) is 3.14. The maximum absolute atomic E-state index is 12.8. The molecule has 0 spiro atoms. The topological polar surface area (TPSA) is 32.3 Å². The average molecular weight is 237 g/mol. The molecule has 0 amide bonds. The van der Waals surface area contributed by atoms with E-state index < -0.39 is 0 Å². The van der Waals surface area contributed by atoms with Gasteiger partial charge in [-0.3, -0.25) is 0 Å². The molecule has 1 unspecified atom stereocenters. The highest BCUT2D eigenvalue weighted by Crippen LogP contribution is 2.28. The minimum Gasteiger partial charge on any atom is -0.394 e. The van der Waals surface area contributed by atoms with Crippen LogP contribution >= 0.6 is 0 Å². The number of hydrogen-bond donors (Lipinski definition) is 2. The van der Waals surface area contributed by atoms with Gasteiger partial charge < -0.3 is 10.4 Å². The fourth-order valence-corrected chi connectivity index (χ4v) is 1.94. The van der Waals surface area contributed by atoms with E-state index in [0.29, 0.717) is 0 Å². The fourth-order valence-electron chi connectivity index (χ4n) is 1.94. The highest BCUT2D eigenvalue weighted by molar-refractivity contribution is 5.18. The maximum Gasteiger partial charge on any atom is 0.123 e. The summed E-state index contributed by atoms with van der Waals surface area (Å²) in [6.45, 7) is 3.08. The quantitative estimate of drug-likeness (QED) is 0.794. The van der Waals surface area contributed by atoms with Crippen LogP contribution < -0.4 is 5.32 Å². The summed E-state index contributed by atoms with van der Waals surface area (Å²) in [5.74, 6) is 0.569. The molecular formula is C14H20FNO. The Morgan fingerprint density at radius 3 is 2.53 bits per heavy atom. The lowest BCUT2D eigenvalue weighted by Gasteiger charge is -2.29. The molecule has 0 saturated heterocycles. The number of aliphatic hydroxyl groups excluding tert-OH is 1. The molecule has 1 fully saturated rings. The van der Waals surface area contributed by atoms with Crippen LogP contribution in [0.5, 0.6) is 0 Å². The summed E-state index contributed by atoms with van der Waals surface area (Å²) >= 11 is 0. The number of benzene rings is 1. The molecular weight excluding hydrogens is 217 g/mol. The first-order chi connectivity index (χ1) is 8.11. The van der Waals surface area contributed by atoms with Crippen molar-refractivity contribution in [2.45, 2.75) is 31.7 Å². The second kappa shape index (κ2) is 5.15. The predicted octanol–water partition coefficient (Wildman–Crippen LogP) is 2.12. The minimum absolute atomic E-state index is 0.0943. The molecule has 0 heterocycles. The summed E-state index contributed by atoms with van der Waals surface area (Å²) in [5, 5.41) is 12.9. The molecule has 0 bridgehead atoms. The number of halogens is 1. The number of nitrogens with one attached hydrogen (secondary N) is 1. The Balaban J connectivity index is 1.94. The zero-order valence-corrected chi connectivity index (χ0v) is 10.2. The molecule has 0 radical (unpaired) electrons. The molecule has 2 N–H and O–H groups in total. The molecule has 2 nitrogen and oxygen atoms in total. The second-order valence-corrected chi connectivity index (χ2v) is 5.35. The first kappa shape index (κ1) is 12.5. The number of aliphatic hydroxyl groups is 1. The van der Waals surface area contributed by atoms with Crippen molar-refractivity contribution in [2.75, 3.05) is 13.2 Å². The fraction of sp³-hybridized carbons (Fsp3) is 0.571. The van der Waals surface area contributed by atoms with Gasteiger partial charge in [-0.15, -0.1) is 0 Å². The van der Waals surface area contributed by atoms with E-state index in [-0.39, 0.29) is 18.0 Å². The van der Waals surface area contributed by atoms with E-state index in [4.69, 9.17) is 0 Å². The van der Waals surface area contributed by atoms with Crippen LogP contribution in [0.2, 0.25) is 0 Å². The molecule has 1 atom stereocenters. The van der Waals surface area contributed by atoms with Crippen LogP contribution in [0.4, 0.5) is 4.39 Å². The van der Waals surface area contributed by atoms with E-state index in [9.17, 15) is 9.50 Å². The van der Waals surface area contributed by atoms with Gasteiger partial charge in [-0.2, -0.15) is 0 Å². The van der Waals surface area contributed by atoms with Crippen LogP contribution in [0.3, 0.4) is 0 Å². The summed E-state index contributed by atoms with van der Waals surface area (Å²) in [7, 11) is 0. The summed E-state index contributed by atoms with van der Waals surface area (Å²) in [4.78, 5) is 0. The Kier molecular flexibility index (Phi) is 3.79. The van der Waals surface area contributed by atoms with Crippen molar-refractivity contribution >= 4 is 0 Å². The van der Waals surface area contributed by atoms with Gasteiger partial charge in [-0.05, 0) is 56.3 Å². The Morgan fingerprint density at radius 1 is 1.35 bits per heavy atom. The molecule has 0 aliphatic heterocycles. The maximum atomic E-state index is 12.8. The van der Waals surface area contributed by atoms with Crippen LogP contribution in [0.1, 0.15) is 25.3 Å². The standard InChI is InChI=1S/C14H20FNO/c1-14(10-17,16-9-12-2-3-12)8-11-4-6-13(15)7-5-11/h4-7,12,16-17H,2-3,8-10H2,1H3. The van der Waals surface area contributed by atoms with Crippen molar-refractivity contribution in [1.29, 1.82) is 0 Å². The van der Waals surface area contributed by atoms with Gasteiger partial charge in [0.25, 0.3) is 0 Å². The molecule has 1 aliphatic carbocycles. The van der Waals surface area contributed by atoms with Crippen LogP contribution in [0, 0.1) is 11.7 Å². The zero-order valence-electron chi connectivity index (χ0n) is 10.2. The van der Waals surface area contributed by atoms with Crippen LogP contribution in [-0.4, -0.2) is 23.8 Å². The normalized spacial score (nSPS) is 19.0. The Labute approximate surface area is 102 Å². The van der Waals surface area contributed by atoms with Crippen LogP contribution in [-0.2, 0) is 6.42 Å². The van der Waals surface area contributed by atoms with E-state index in [1.807, 2.05) is 6.92 Å². The zero-order chi connectivity index (χ0) is 12.3. The first-order valence-corrected chi connectivity index (χ1v) is 6.22. The van der Waals surface area contributed by atoms with E-state index >= 15 is 0 Å². The molecule has 2 rings (SSSR count). The molecule has 1 saturated carbocycles. The molecule has 17 heavy (non-hydrogen) atoms. The van der Waals surface area contributed by atoms with E-state index in [0.717, 1.165) is 24.4 Å². The van der Waals surface area contributed by atoms with Crippen molar-refractivity contribution in [1.82, 2.24) is 5.32 Å². The van der Waals surface area contributed by atoms with Crippen LogP contribution in [0.15, 0.2) is 24.3 Å². The van der Waals surface area contributed by atoms with Gasteiger partial charge in [0, 0.05) is 5.54 Å². The van der Waals surface area contributed by atoms with Gasteiger partial charge in [-0.1, -0.05) is 12.1 Å². The molecule has 1 aliphatic rings. The third-order valence-electron chi connectivity index (χ3n) is 3.37. The van der Waals surface area contributed by atoms with E-state index in [1.54, 1.807) is 12.1 Å². The van der Waals surface area contributed by atoms with Crippen LogP contribution in [0.25, 0.3) is 0 Å². The molecule has 94 valence electrons. The Bertz CT molecular complexity index is 361. The third-order valence-corrected chi connectivity index (χ3v) is 3.37. The molecule has 0 aromatic heterocycles. The lowest BCUT2D eigenvalue weighted by molar-refractivity contribution is 0.172. The van der Waals surface area contributed by atoms with Gasteiger partial charge in [0.2, 0.25) is 0 Å². The summed E-state index contributed by atoms with van der Waals surface area (Å²) < 4.78 is 12.8. The van der Waals surface area contributed by atoms with E-state index in [1.165, 1.54) is 25.0 Å². The van der Waals surface area contributed by atoms with Gasteiger partial charge in [0.1, 0.15) is 5.82 Å². The lowest BCUT2D eigenvalue weighted by Crippen LogP contribution is -2.48. The van der Waals surface area contributed by atoms with Gasteiger partial charge in [0.05, 0.1) is 6.61 Å². The number of hydrogen-bond acceptors (Lipinski definition) is 2. The van der Waals surface area contributed by atoms with Crippen molar-refractivity contribution < 1.29 is 9.50 Å². The van der Waals surface area contributed by atoms with Crippen molar-refractivity contribution in [3.05, 3.63) is 35.6 Å². The largest absolute Gasteiger partial charge is 0.394 e. The number of rotatable bonds is 6. The summed E-state index contributed by atoms with van der Waals surface area (Å²) in [6, 6.07) is 6.49. The molecule has 1 aromatic rings. The summed E-state index contributed by atoms with van der Waals surface area (Å²) in [6.07, 6.45) is 3.31. The molecule has 1 aromatic carbocycles. The van der Waals surface area contributed by atoms with Crippen molar-refractivity contribution in [3.8, 4) is 0 Å². The molecule has 3 heteroatoms. The highest BCUT2D eigenvalue weighted by Gasteiger charge is 2.28. The Hall–Kier alpha value is -0.930. The van der Waals surface area contributed by atoms with Crippen molar-refractivity contribution in [2.24, 2.45) is 5.92 Å². The SMILES string of the molecule is CC(CO)(Cc1ccc(F)cc1)NCC1CC1. The Morgan fingerprint density at radius 2 is 2.00 bits per heavy atom. The minimum atomic E-state index is -0.305. The van der Waals surface area contributed by atoms with Gasteiger partial charge in [-0.25, -0.2) is 4.39 Å². The lowest BCUT2D eigenvalue weighted by atomic mass is 9.93. The van der Waals surface area contributed by atoms with Gasteiger partial charge in [0.15, 0.2) is 0 Å². The third kappa shape index (κ3) is 3.79. The summed E-state index contributed by atoms with van der Waals surface area (Å²) in [5.41, 5.74) is 0.742. The van der Waals surface area contributed by atoms with Gasteiger partial charge >= 0.3 is 0 Å².